The van der Waals surface area contributed by atoms with Crippen LogP contribution in [0.2, 0.25) is 5.02 Å². The fraction of sp³-hybridized carbons (Fsp3) is 0.417. The molecule has 1 aromatic carbocycles. The van der Waals surface area contributed by atoms with Gasteiger partial charge in [0.05, 0.1) is 5.56 Å². The summed E-state index contributed by atoms with van der Waals surface area (Å²) in [5.74, 6) is -0.832. The van der Waals surface area contributed by atoms with E-state index in [-0.39, 0.29) is 17.5 Å². The van der Waals surface area contributed by atoms with Crippen molar-refractivity contribution in [3.8, 4) is 0 Å². The molecular formula is C12H14ClFN2O. The molecule has 1 amide bonds. The Morgan fingerprint density at radius 3 is 3.00 bits per heavy atom. The van der Waals surface area contributed by atoms with Crippen molar-refractivity contribution in [3.63, 3.8) is 0 Å². The summed E-state index contributed by atoms with van der Waals surface area (Å²) in [6.07, 6.45) is 0. The van der Waals surface area contributed by atoms with E-state index in [0.29, 0.717) is 11.6 Å². The van der Waals surface area contributed by atoms with Crippen LogP contribution in [0.4, 0.5) is 4.39 Å². The molecule has 0 unspecified atom stereocenters. The maximum Gasteiger partial charge on any atom is 0.257 e. The normalized spacial score (nSPS) is 20.4. The van der Waals surface area contributed by atoms with E-state index in [4.69, 9.17) is 11.6 Å². The Hall–Kier alpha value is -1.13. The van der Waals surface area contributed by atoms with Crippen LogP contribution in [0.1, 0.15) is 17.3 Å². The quantitative estimate of drug-likeness (QED) is 0.833. The zero-order valence-electron chi connectivity index (χ0n) is 9.54. The number of benzene rings is 1. The van der Waals surface area contributed by atoms with Gasteiger partial charge < -0.3 is 10.2 Å². The van der Waals surface area contributed by atoms with Gasteiger partial charge in [-0.15, -0.1) is 0 Å². The van der Waals surface area contributed by atoms with E-state index in [1.54, 1.807) is 4.90 Å². The van der Waals surface area contributed by atoms with Gasteiger partial charge in [0.1, 0.15) is 5.82 Å². The van der Waals surface area contributed by atoms with Crippen LogP contribution in [0, 0.1) is 5.82 Å². The van der Waals surface area contributed by atoms with E-state index in [9.17, 15) is 9.18 Å². The Bertz CT molecular complexity index is 439. The van der Waals surface area contributed by atoms with Crippen molar-refractivity contribution >= 4 is 17.5 Å². The largest absolute Gasteiger partial charge is 0.333 e. The molecule has 1 N–H and O–H groups in total. The first-order chi connectivity index (χ1) is 8.09. The Morgan fingerprint density at radius 2 is 2.35 bits per heavy atom. The summed E-state index contributed by atoms with van der Waals surface area (Å²) in [6.45, 7) is 4.02. The second-order valence-corrected chi connectivity index (χ2v) is 4.61. The molecule has 3 nitrogen and oxygen atoms in total. The van der Waals surface area contributed by atoms with Crippen molar-refractivity contribution in [3.05, 3.63) is 34.6 Å². The molecule has 0 radical (unpaired) electrons. The highest BCUT2D eigenvalue weighted by molar-refractivity contribution is 6.30. The van der Waals surface area contributed by atoms with Gasteiger partial charge in [-0.1, -0.05) is 11.6 Å². The minimum atomic E-state index is -0.562. The monoisotopic (exact) mass is 256 g/mol. The Morgan fingerprint density at radius 1 is 1.59 bits per heavy atom. The zero-order valence-corrected chi connectivity index (χ0v) is 10.3. The Balaban J connectivity index is 2.24. The maximum atomic E-state index is 13.6. The number of hydrogen-bond donors (Lipinski definition) is 1. The minimum Gasteiger partial charge on any atom is -0.333 e. The molecule has 1 atom stereocenters. The molecule has 1 aromatic rings. The predicted octanol–water partition coefficient (Wildman–Crippen LogP) is 1.91. The molecule has 0 aromatic heterocycles. The standard InChI is InChI=1S/C12H14ClFN2O/c1-8-7-15-4-5-16(8)12(17)10-3-2-9(13)6-11(10)14/h2-3,6,8,15H,4-5,7H2,1H3/t8-/m1/s1. The van der Waals surface area contributed by atoms with Gasteiger partial charge in [-0.3, -0.25) is 4.79 Å². The van der Waals surface area contributed by atoms with E-state index in [1.807, 2.05) is 6.92 Å². The number of piperazine rings is 1. The van der Waals surface area contributed by atoms with Crippen molar-refractivity contribution < 1.29 is 9.18 Å². The molecule has 0 spiro atoms. The molecule has 1 saturated heterocycles. The van der Waals surface area contributed by atoms with Gasteiger partial charge in [-0.25, -0.2) is 4.39 Å². The third-order valence-electron chi connectivity index (χ3n) is 2.92. The van der Waals surface area contributed by atoms with Crippen LogP contribution >= 0.6 is 11.6 Å². The SMILES string of the molecule is C[C@@H]1CNCCN1C(=O)c1ccc(Cl)cc1F. The fourth-order valence-corrected chi connectivity index (χ4v) is 2.12. The lowest BCUT2D eigenvalue weighted by Crippen LogP contribution is -2.52. The molecular weight excluding hydrogens is 243 g/mol. The molecule has 5 heteroatoms. The third-order valence-corrected chi connectivity index (χ3v) is 3.16. The molecule has 1 fully saturated rings. The summed E-state index contributed by atoms with van der Waals surface area (Å²) >= 11 is 5.66. The van der Waals surface area contributed by atoms with E-state index in [2.05, 4.69) is 5.32 Å². The molecule has 1 heterocycles. The molecule has 0 aliphatic carbocycles. The number of carbonyl (C=O) groups excluding carboxylic acids is 1. The second-order valence-electron chi connectivity index (χ2n) is 4.18. The summed E-state index contributed by atoms with van der Waals surface area (Å²) in [6, 6.07) is 4.22. The van der Waals surface area contributed by atoms with Gasteiger partial charge in [-0.05, 0) is 25.1 Å². The average Bonchev–Trinajstić information content (AvgIpc) is 2.29. The van der Waals surface area contributed by atoms with Gasteiger partial charge in [0.15, 0.2) is 0 Å². The van der Waals surface area contributed by atoms with Crippen LogP contribution in [-0.4, -0.2) is 36.5 Å². The first-order valence-corrected chi connectivity index (χ1v) is 5.94. The minimum absolute atomic E-state index is 0.0753. The van der Waals surface area contributed by atoms with Crippen molar-refractivity contribution in [2.45, 2.75) is 13.0 Å². The number of amides is 1. The lowest BCUT2D eigenvalue weighted by Gasteiger charge is -2.34. The molecule has 0 saturated carbocycles. The Kier molecular flexibility index (Phi) is 3.64. The van der Waals surface area contributed by atoms with Gasteiger partial charge in [-0.2, -0.15) is 0 Å². The first kappa shape index (κ1) is 12.3. The number of rotatable bonds is 1. The number of halogens is 2. The van der Waals surface area contributed by atoms with Gasteiger partial charge in [0, 0.05) is 30.7 Å². The zero-order chi connectivity index (χ0) is 12.4. The first-order valence-electron chi connectivity index (χ1n) is 5.56. The number of nitrogens with one attached hydrogen (secondary N) is 1. The third kappa shape index (κ3) is 2.58. The summed E-state index contributed by atoms with van der Waals surface area (Å²) in [5, 5.41) is 3.48. The van der Waals surface area contributed by atoms with Gasteiger partial charge in [0.2, 0.25) is 0 Å². The highest BCUT2D eigenvalue weighted by Crippen LogP contribution is 2.17. The number of nitrogens with zero attached hydrogens (tertiary/aromatic N) is 1. The second kappa shape index (κ2) is 5.02. The highest BCUT2D eigenvalue weighted by Gasteiger charge is 2.25. The van der Waals surface area contributed by atoms with Crippen LogP contribution in [0.3, 0.4) is 0 Å². The molecule has 1 aliphatic rings. The topological polar surface area (TPSA) is 32.3 Å². The summed E-state index contributed by atoms with van der Waals surface area (Å²) in [4.78, 5) is 13.8. The van der Waals surface area contributed by atoms with Crippen molar-refractivity contribution in [2.75, 3.05) is 19.6 Å². The summed E-state index contributed by atoms with van der Waals surface area (Å²) < 4.78 is 13.6. The van der Waals surface area contributed by atoms with Crippen molar-refractivity contribution in [2.24, 2.45) is 0 Å². The van der Waals surface area contributed by atoms with Gasteiger partial charge >= 0.3 is 0 Å². The van der Waals surface area contributed by atoms with Crippen molar-refractivity contribution in [1.29, 1.82) is 0 Å². The highest BCUT2D eigenvalue weighted by atomic mass is 35.5. The predicted molar refractivity (Wildman–Crippen MR) is 64.8 cm³/mol. The summed E-state index contributed by atoms with van der Waals surface area (Å²) in [7, 11) is 0. The van der Waals surface area contributed by atoms with Crippen LogP contribution in [0.25, 0.3) is 0 Å². The molecule has 2 rings (SSSR count). The molecule has 92 valence electrons. The van der Waals surface area contributed by atoms with E-state index >= 15 is 0 Å². The van der Waals surface area contributed by atoms with Crippen LogP contribution in [-0.2, 0) is 0 Å². The lowest BCUT2D eigenvalue weighted by molar-refractivity contribution is 0.0651. The Labute approximate surface area is 105 Å². The van der Waals surface area contributed by atoms with Crippen molar-refractivity contribution in [1.82, 2.24) is 10.2 Å². The van der Waals surface area contributed by atoms with E-state index < -0.39 is 5.82 Å². The number of carbonyl (C=O) groups is 1. The lowest BCUT2D eigenvalue weighted by atomic mass is 10.1. The molecule has 17 heavy (non-hydrogen) atoms. The maximum absolute atomic E-state index is 13.6. The molecule has 1 aliphatic heterocycles. The fourth-order valence-electron chi connectivity index (χ4n) is 1.96. The molecule has 0 bridgehead atoms. The van der Waals surface area contributed by atoms with E-state index in [1.165, 1.54) is 18.2 Å². The van der Waals surface area contributed by atoms with Crippen LogP contribution in [0.15, 0.2) is 18.2 Å². The van der Waals surface area contributed by atoms with Gasteiger partial charge in [0.25, 0.3) is 5.91 Å². The van der Waals surface area contributed by atoms with Crippen LogP contribution < -0.4 is 5.32 Å². The summed E-state index contributed by atoms with van der Waals surface area (Å²) in [5.41, 5.74) is 0.0863. The average molecular weight is 257 g/mol. The van der Waals surface area contributed by atoms with Crippen LogP contribution in [0.5, 0.6) is 0 Å². The smallest absolute Gasteiger partial charge is 0.257 e. The van der Waals surface area contributed by atoms with E-state index in [0.717, 1.165) is 13.1 Å². The number of hydrogen-bond acceptors (Lipinski definition) is 2.